The van der Waals surface area contributed by atoms with Gasteiger partial charge in [0.15, 0.2) is 6.10 Å². The van der Waals surface area contributed by atoms with Crippen LogP contribution in [0.5, 0.6) is 0 Å². The first-order chi connectivity index (χ1) is 7.58. The molecule has 0 aromatic heterocycles. The lowest BCUT2D eigenvalue weighted by Crippen LogP contribution is -2.37. The van der Waals surface area contributed by atoms with Crippen molar-refractivity contribution in [3.8, 4) is 0 Å². The summed E-state index contributed by atoms with van der Waals surface area (Å²) in [6, 6.07) is 0. The lowest BCUT2D eigenvalue weighted by atomic mass is 9.99. The molecule has 1 unspecified atom stereocenters. The lowest BCUT2D eigenvalue weighted by molar-refractivity contribution is -0.165. The van der Waals surface area contributed by atoms with Crippen LogP contribution in [0.2, 0.25) is 0 Å². The van der Waals surface area contributed by atoms with E-state index in [0.29, 0.717) is 0 Å². The molecule has 0 rings (SSSR count). The van der Waals surface area contributed by atoms with Gasteiger partial charge in [-0.2, -0.15) is 0 Å². The molecule has 0 fully saturated rings. The molecule has 0 aromatic carbocycles. The average molecular weight is 230 g/mol. The minimum absolute atomic E-state index is 0.152. The Bertz CT molecular complexity index is 249. The Morgan fingerprint density at radius 3 is 2.19 bits per heavy atom. The highest BCUT2D eigenvalue weighted by Gasteiger charge is 2.33. The van der Waals surface area contributed by atoms with E-state index >= 15 is 0 Å². The van der Waals surface area contributed by atoms with Gasteiger partial charge in [-0.3, -0.25) is 4.79 Å². The van der Waals surface area contributed by atoms with E-state index in [9.17, 15) is 14.7 Å². The minimum atomic E-state index is -1.50. The van der Waals surface area contributed by atoms with E-state index in [1.54, 1.807) is 13.8 Å². The summed E-state index contributed by atoms with van der Waals surface area (Å²) in [5, 5.41) is 9.61. The summed E-state index contributed by atoms with van der Waals surface area (Å²) in [5.74, 6) is -2.39. The fourth-order valence-corrected chi connectivity index (χ4v) is 1.17. The van der Waals surface area contributed by atoms with Crippen LogP contribution in [0.15, 0.2) is 12.7 Å². The Labute approximate surface area is 95.0 Å². The van der Waals surface area contributed by atoms with Crippen LogP contribution in [-0.2, 0) is 19.1 Å². The van der Waals surface area contributed by atoms with Gasteiger partial charge in [-0.15, -0.1) is 6.58 Å². The molecule has 0 radical (unpaired) electrons. The third kappa shape index (κ3) is 4.44. The fraction of sp³-hybridized carbons (Fsp3) is 0.636. The standard InChI is InChI=1S/C11H18O5/c1-4-7-8(10(13)15-5-2)9(12)11(14)16-6-3/h4,8-9,12H,1,5-7H2,2-3H3/t8?,9-/m0/s1. The highest BCUT2D eigenvalue weighted by atomic mass is 16.6. The summed E-state index contributed by atoms with van der Waals surface area (Å²) in [4.78, 5) is 22.7. The van der Waals surface area contributed by atoms with Crippen molar-refractivity contribution in [2.45, 2.75) is 26.4 Å². The first-order valence-electron chi connectivity index (χ1n) is 5.20. The average Bonchev–Trinajstić information content (AvgIpc) is 2.25. The third-order valence-electron chi connectivity index (χ3n) is 1.92. The van der Waals surface area contributed by atoms with Crippen molar-refractivity contribution in [2.75, 3.05) is 13.2 Å². The van der Waals surface area contributed by atoms with Crippen LogP contribution in [-0.4, -0.2) is 36.4 Å². The van der Waals surface area contributed by atoms with Gasteiger partial charge in [-0.1, -0.05) is 6.08 Å². The molecule has 0 spiro atoms. The van der Waals surface area contributed by atoms with E-state index in [0.717, 1.165) is 0 Å². The Kier molecular flexibility index (Phi) is 7.20. The molecule has 16 heavy (non-hydrogen) atoms. The van der Waals surface area contributed by atoms with Crippen LogP contribution in [0.25, 0.3) is 0 Å². The number of aliphatic hydroxyl groups is 1. The maximum absolute atomic E-state index is 11.4. The summed E-state index contributed by atoms with van der Waals surface area (Å²) in [6.07, 6.45) is 0.111. The number of aliphatic hydroxyl groups excluding tert-OH is 1. The van der Waals surface area contributed by atoms with E-state index in [2.05, 4.69) is 11.3 Å². The third-order valence-corrected chi connectivity index (χ3v) is 1.92. The zero-order valence-corrected chi connectivity index (χ0v) is 9.64. The molecule has 0 aromatic rings. The van der Waals surface area contributed by atoms with Gasteiger partial charge in [-0.25, -0.2) is 4.79 Å². The van der Waals surface area contributed by atoms with Crippen molar-refractivity contribution in [2.24, 2.45) is 5.92 Å². The summed E-state index contributed by atoms with van der Waals surface area (Å²) in [7, 11) is 0. The van der Waals surface area contributed by atoms with Crippen LogP contribution in [0.1, 0.15) is 20.3 Å². The highest BCUT2D eigenvalue weighted by molar-refractivity contribution is 5.83. The van der Waals surface area contributed by atoms with Gasteiger partial charge >= 0.3 is 11.9 Å². The largest absolute Gasteiger partial charge is 0.466 e. The first-order valence-corrected chi connectivity index (χ1v) is 5.20. The number of esters is 2. The summed E-state index contributed by atoms with van der Waals surface area (Å²) < 4.78 is 9.38. The Morgan fingerprint density at radius 1 is 1.25 bits per heavy atom. The number of hydrogen-bond acceptors (Lipinski definition) is 5. The number of carbonyl (C=O) groups is 2. The monoisotopic (exact) mass is 230 g/mol. The molecule has 92 valence electrons. The number of allylic oxidation sites excluding steroid dienone is 1. The lowest BCUT2D eigenvalue weighted by Gasteiger charge is -2.18. The zero-order valence-electron chi connectivity index (χ0n) is 9.64. The van der Waals surface area contributed by atoms with Crippen LogP contribution in [0.3, 0.4) is 0 Å². The van der Waals surface area contributed by atoms with Crippen molar-refractivity contribution in [3.05, 3.63) is 12.7 Å². The van der Waals surface area contributed by atoms with Gasteiger partial charge in [0.1, 0.15) is 0 Å². The molecule has 0 aliphatic carbocycles. The fourth-order valence-electron chi connectivity index (χ4n) is 1.17. The topological polar surface area (TPSA) is 72.8 Å². The number of ether oxygens (including phenoxy) is 2. The molecule has 2 atom stereocenters. The number of rotatable bonds is 7. The molecule has 5 heteroatoms. The molecule has 0 amide bonds. The summed E-state index contributed by atoms with van der Waals surface area (Å²) >= 11 is 0. The predicted octanol–water partition coefficient (Wildman–Crippen LogP) is 0.666. The SMILES string of the molecule is C=CCC(C(=O)OCC)[C@H](O)C(=O)OCC. The van der Waals surface area contributed by atoms with Crippen molar-refractivity contribution >= 4 is 11.9 Å². The molecule has 0 saturated carbocycles. The Hall–Kier alpha value is -1.36. The summed E-state index contributed by atoms with van der Waals surface area (Å²) in [6.45, 7) is 7.08. The smallest absolute Gasteiger partial charge is 0.335 e. The van der Waals surface area contributed by atoms with E-state index < -0.39 is 24.0 Å². The normalized spacial score (nSPS) is 13.7. The molecule has 0 aliphatic heterocycles. The minimum Gasteiger partial charge on any atom is -0.466 e. The maximum Gasteiger partial charge on any atom is 0.335 e. The second-order valence-corrected chi connectivity index (χ2v) is 3.08. The predicted molar refractivity (Wildman–Crippen MR) is 57.6 cm³/mol. The van der Waals surface area contributed by atoms with Crippen LogP contribution in [0.4, 0.5) is 0 Å². The van der Waals surface area contributed by atoms with E-state index in [1.165, 1.54) is 6.08 Å². The quantitative estimate of drug-likeness (QED) is 0.514. The van der Waals surface area contributed by atoms with Crippen LogP contribution in [0, 0.1) is 5.92 Å². The van der Waals surface area contributed by atoms with Crippen molar-refractivity contribution in [3.63, 3.8) is 0 Å². The van der Waals surface area contributed by atoms with Crippen LogP contribution >= 0.6 is 0 Å². The molecule has 0 aliphatic rings. The van der Waals surface area contributed by atoms with E-state index in [4.69, 9.17) is 4.74 Å². The molecule has 0 bridgehead atoms. The summed E-state index contributed by atoms with van der Waals surface area (Å²) in [5.41, 5.74) is 0. The highest BCUT2D eigenvalue weighted by Crippen LogP contribution is 2.13. The molecule has 1 N–H and O–H groups in total. The van der Waals surface area contributed by atoms with Crippen molar-refractivity contribution in [1.82, 2.24) is 0 Å². The van der Waals surface area contributed by atoms with E-state index in [1.807, 2.05) is 0 Å². The second kappa shape index (κ2) is 7.87. The van der Waals surface area contributed by atoms with Crippen molar-refractivity contribution < 1.29 is 24.2 Å². The Balaban J connectivity index is 4.56. The van der Waals surface area contributed by atoms with Crippen LogP contribution < -0.4 is 0 Å². The number of carbonyl (C=O) groups excluding carboxylic acids is 2. The van der Waals surface area contributed by atoms with Gasteiger partial charge in [0.25, 0.3) is 0 Å². The van der Waals surface area contributed by atoms with Gasteiger partial charge in [0.05, 0.1) is 19.1 Å². The van der Waals surface area contributed by atoms with Crippen molar-refractivity contribution in [1.29, 1.82) is 0 Å². The molecule has 5 nitrogen and oxygen atoms in total. The van der Waals surface area contributed by atoms with Gasteiger partial charge in [-0.05, 0) is 20.3 Å². The van der Waals surface area contributed by atoms with Gasteiger partial charge in [0, 0.05) is 0 Å². The maximum atomic E-state index is 11.4. The molecular formula is C11H18O5. The Morgan fingerprint density at radius 2 is 1.75 bits per heavy atom. The second-order valence-electron chi connectivity index (χ2n) is 3.08. The molecule has 0 saturated heterocycles. The van der Waals surface area contributed by atoms with E-state index in [-0.39, 0.29) is 19.6 Å². The van der Waals surface area contributed by atoms with Gasteiger partial charge < -0.3 is 14.6 Å². The first kappa shape index (κ1) is 14.6. The molecule has 0 heterocycles. The van der Waals surface area contributed by atoms with Gasteiger partial charge in [0.2, 0.25) is 0 Å². The zero-order chi connectivity index (χ0) is 12.6. The number of hydrogen-bond donors (Lipinski definition) is 1. The molecular weight excluding hydrogens is 212 g/mol.